The van der Waals surface area contributed by atoms with E-state index in [0.29, 0.717) is 0 Å². The van der Waals surface area contributed by atoms with Crippen LogP contribution in [0.4, 0.5) is 0 Å². The van der Waals surface area contributed by atoms with Crippen LogP contribution in [0.3, 0.4) is 0 Å². The highest BCUT2D eigenvalue weighted by atomic mass is 15.3. The van der Waals surface area contributed by atoms with Gasteiger partial charge in [-0.2, -0.15) is 0 Å². The van der Waals surface area contributed by atoms with Crippen molar-refractivity contribution >= 4 is 10.9 Å². The highest BCUT2D eigenvalue weighted by Gasteiger charge is 2.00. The third kappa shape index (κ3) is 1.32. The van der Waals surface area contributed by atoms with Crippen LogP contribution in [-0.4, -0.2) is 28.5 Å². The van der Waals surface area contributed by atoms with Crippen molar-refractivity contribution in [1.82, 2.24) is 15.4 Å². The molecule has 0 bridgehead atoms. The topological polar surface area (TPSA) is 72.1 Å². The lowest BCUT2D eigenvalue weighted by Crippen LogP contribution is -2.30. The highest BCUT2D eigenvalue weighted by molar-refractivity contribution is 5.76. The van der Waals surface area contributed by atoms with Gasteiger partial charge in [0.25, 0.3) is 0 Å². The second kappa shape index (κ2) is 3.27. The van der Waals surface area contributed by atoms with Gasteiger partial charge in [-0.05, 0) is 18.2 Å². The van der Waals surface area contributed by atoms with Crippen LogP contribution in [0.15, 0.2) is 34.4 Å². The monoisotopic (exact) mass is 201 g/mol. The number of H-pyrrole nitrogens is 3. The van der Waals surface area contributed by atoms with Gasteiger partial charge in [0.05, 0.1) is 29.3 Å². The number of fused-ring (bicyclic) bond motifs is 3. The van der Waals surface area contributed by atoms with Gasteiger partial charge in [0.15, 0.2) is 0 Å². The molecule has 0 amide bonds. The van der Waals surface area contributed by atoms with Crippen molar-refractivity contribution in [3.8, 4) is 0 Å². The molecule has 15 heavy (non-hydrogen) atoms. The van der Waals surface area contributed by atoms with Crippen molar-refractivity contribution in [3.05, 3.63) is 35.1 Å². The van der Waals surface area contributed by atoms with Crippen LogP contribution in [0, 0.1) is 0 Å². The average Bonchev–Trinajstić information content (AvgIpc) is 2.54. The van der Waals surface area contributed by atoms with Crippen molar-refractivity contribution in [2.24, 2.45) is 9.98 Å². The number of nitrogens with zero attached hydrogens (tertiary/aromatic N) is 2. The molecule has 0 radical (unpaired) electrons. The molecule has 76 valence electrons. The Kier molecular flexibility index (Phi) is 1.81. The molecule has 0 saturated heterocycles. The second-order valence-corrected chi connectivity index (χ2v) is 3.39. The molecule has 0 unspecified atom stereocenters. The zero-order valence-corrected chi connectivity index (χ0v) is 8.12. The number of nitrogens with one attached hydrogen (secondary N) is 3. The fraction of sp³-hybridized carbons (Fsp3) is 0.200. The Morgan fingerprint density at radius 3 is 3.00 bits per heavy atom. The van der Waals surface area contributed by atoms with E-state index in [1.165, 1.54) is 0 Å². The molecular formula is C10H11N5. The Bertz CT molecular complexity index is 641. The van der Waals surface area contributed by atoms with Gasteiger partial charge in [-0.25, -0.2) is 5.21 Å². The van der Waals surface area contributed by atoms with E-state index in [4.69, 9.17) is 0 Å². The van der Waals surface area contributed by atoms with Crippen molar-refractivity contribution < 1.29 is 0 Å². The maximum atomic E-state index is 4.51. The highest BCUT2D eigenvalue weighted by Crippen LogP contribution is 2.00. The van der Waals surface area contributed by atoms with E-state index < -0.39 is 0 Å². The van der Waals surface area contributed by atoms with Crippen molar-refractivity contribution in [3.63, 3.8) is 0 Å². The first-order chi connectivity index (χ1) is 7.45. The first-order valence-electron chi connectivity index (χ1n) is 4.90. The number of benzene rings is 1. The zero-order chi connectivity index (χ0) is 10.1. The Labute approximate surface area is 85.2 Å². The predicted octanol–water partition coefficient (Wildman–Crippen LogP) is 0.201. The fourth-order valence-corrected chi connectivity index (χ4v) is 1.77. The van der Waals surface area contributed by atoms with E-state index in [0.717, 1.165) is 34.7 Å². The molecule has 0 aliphatic carbocycles. The van der Waals surface area contributed by atoms with Crippen LogP contribution in [0.1, 0.15) is 0 Å². The molecule has 1 aliphatic heterocycles. The maximum Gasteiger partial charge on any atom is 0.0921 e. The summed E-state index contributed by atoms with van der Waals surface area (Å²) in [5, 5.41) is 11.8. The maximum absolute atomic E-state index is 4.51. The van der Waals surface area contributed by atoms with Gasteiger partial charge in [0.2, 0.25) is 0 Å². The molecule has 0 atom stereocenters. The number of hydrogen-bond donors (Lipinski definition) is 3. The number of aromatic amines is 3. The van der Waals surface area contributed by atoms with Crippen LogP contribution in [0.2, 0.25) is 0 Å². The Balaban J connectivity index is 2.60. The molecule has 3 N–H and O–H groups in total. The minimum atomic E-state index is 0.776. The molecule has 0 saturated carbocycles. The normalized spacial score (nSPS) is 13.9. The Hall–Kier alpha value is -2.04. The Morgan fingerprint density at radius 1 is 1.07 bits per heavy atom. The summed E-state index contributed by atoms with van der Waals surface area (Å²) in [4.78, 5) is 8.94. The van der Waals surface area contributed by atoms with E-state index in [-0.39, 0.29) is 0 Å². The molecule has 1 aliphatic rings. The third-order valence-electron chi connectivity index (χ3n) is 2.45. The van der Waals surface area contributed by atoms with Crippen molar-refractivity contribution in [2.75, 3.05) is 13.1 Å². The first-order valence-corrected chi connectivity index (χ1v) is 4.90. The van der Waals surface area contributed by atoms with Gasteiger partial charge in [-0.1, -0.05) is 0 Å². The molecule has 0 spiro atoms. The van der Waals surface area contributed by atoms with Gasteiger partial charge < -0.3 is 0 Å². The third-order valence-corrected chi connectivity index (χ3v) is 2.45. The largest absolute Gasteiger partial charge is 0.294 e. The van der Waals surface area contributed by atoms with Gasteiger partial charge in [-0.3, -0.25) is 20.2 Å². The van der Waals surface area contributed by atoms with Crippen LogP contribution in [-0.2, 0) is 0 Å². The molecule has 5 nitrogen and oxygen atoms in total. The molecule has 1 aromatic heterocycles. The summed E-state index contributed by atoms with van der Waals surface area (Å²) in [6, 6.07) is 5.99. The fourth-order valence-electron chi connectivity index (χ4n) is 1.77. The van der Waals surface area contributed by atoms with Crippen LogP contribution < -0.4 is 10.7 Å². The van der Waals surface area contributed by atoms with Gasteiger partial charge >= 0.3 is 0 Å². The van der Waals surface area contributed by atoms with Gasteiger partial charge in [0, 0.05) is 11.6 Å². The average molecular weight is 201 g/mol. The molecular weight excluding hydrogens is 190 g/mol. The summed E-state index contributed by atoms with van der Waals surface area (Å²) < 4.78 is 0. The minimum Gasteiger partial charge on any atom is -0.294 e. The molecule has 3 rings (SSSR count). The molecule has 2 heterocycles. The van der Waals surface area contributed by atoms with Crippen molar-refractivity contribution in [2.45, 2.75) is 0 Å². The summed E-state index contributed by atoms with van der Waals surface area (Å²) in [6.07, 6.45) is 1.84. The SMILES string of the molecule is c1cc2c3c(ccc2[nH][nH][nH]1)=NCCN=3. The van der Waals surface area contributed by atoms with E-state index in [2.05, 4.69) is 25.4 Å². The van der Waals surface area contributed by atoms with Crippen LogP contribution in [0.5, 0.6) is 0 Å². The first kappa shape index (κ1) is 8.28. The van der Waals surface area contributed by atoms with E-state index >= 15 is 0 Å². The van der Waals surface area contributed by atoms with Gasteiger partial charge in [0.1, 0.15) is 0 Å². The van der Waals surface area contributed by atoms with Crippen molar-refractivity contribution in [1.29, 1.82) is 0 Å². The predicted molar refractivity (Wildman–Crippen MR) is 56.7 cm³/mol. The lowest BCUT2D eigenvalue weighted by molar-refractivity contribution is 0.869. The summed E-state index contributed by atoms with van der Waals surface area (Å²) >= 11 is 0. The zero-order valence-electron chi connectivity index (χ0n) is 8.12. The number of rotatable bonds is 0. The minimum absolute atomic E-state index is 0.776. The standard InChI is InChI=1S/C10H11N5/c1-2-9-10(12-6-5-11-9)7-3-4-13-15-14-8(1)7/h1-4,13-15H,5-6H2. The molecule has 5 heteroatoms. The summed E-state index contributed by atoms with van der Waals surface area (Å²) in [5.74, 6) is 0. The number of aromatic nitrogens is 3. The lowest BCUT2D eigenvalue weighted by Gasteiger charge is -2.00. The van der Waals surface area contributed by atoms with E-state index in [9.17, 15) is 0 Å². The smallest absolute Gasteiger partial charge is 0.0921 e. The quantitative estimate of drug-likeness (QED) is 0.545. The summed E-state index contributed by atoms with van der Waals surface area (Å²) in [5.41, 5.74) is 1.01. The Morgan fingerprint density at radius 2 is 2.00 bits per heavy atom. The number of hydrogen-bond acceptors (Lipinski definition) is 2. The molecule has 2 aromatic rings. The van der Waals surface area contributed by atoms with E-state index in [1.807, 2.05) is 24.4 Å². The van der Waals surface area contributed by atoms with Crippen LogP contribution in [0.25, 0.3) is 10.9 Å². The van der Waals surface area contributed by atoms with Crippen LogP contribution >= 0.6 is 0 Å². The molecule has 0 fully saturated rings. The van der Waals surface area contributed by atoms with Gasteiger partial charge in [-0.15, -0.1) is 0 Å². The molecule has 1 aromatic carbocycles. The summed E-state index contributed by atoms with van der Waals surface area (Å²) in [6.45, 7) is 1.57. The lowest BCUT2D eigenvalue weighted by atomic mass is 10.2. The summed E-state index contributed by atoms with van der Waals surface area (Å²) in [7, 11) is 0. The second-order valence-electron chi connectivity index (χ2n) is 3.39. The van der Waals surface area contributed by atoms with E-state index in [1.54, 1.807) is 0 Å².